The molecule has 2 fully saturated rings. The zero-order chi connectivity index (χ0) is 40.3. The quantitative estimate of drug-likeness (QED) is 0.159. The number of hydrogen-bond donors (Lipinski definition) is 2. The minimum atomic E-state index is -0.479. The topological polar surface area (TPSA) is 99.5 Å². The van der Waals surface area contributed by atoms with E-state index in [2.05, 4.69) is 73.9 Å². The zero-order valence-electron chi connectivity index (χ0n) is 33.5. The molecule has 0 atom stereocenters. The number of phenolic OH excluding ortho intramolecular Hbond substituents is 1. The molecule has 5 aromatic carbocycles. The van der Waals surface area contributed by atoms with Crippen LogP contribution in [-0.4, -0.2) is 79.3 Å². The van der Waals surface area contributed by atoms with Crippen molar-refractivity contribution in [2.24, 2.45) is 0 Å². The van der Waals surface area contributed by atoms with Gasteiger partial charge in [0.25, 0.3) is 0 Å². The van der Waals surface area contributed by atoms with Crippen LogP contribution in [0.1, 0.15) is 66.6 Å². The first-order chi connectivity index (χ1) is 28.0. The number of aliphatic hydroxyl groups excluding tert-OH is 1. The number of ketones is 2. The zero-order valence-corrected chi connectivity index (χ0v) is 33.5. The maximum Gasteiger partial charge on any atom is 0.202 e. The van der Waals surface area contributed by atoms with Crippen LogP contribution in [0.3, 0.4) is 0 Å². The van der Waals surface area contributed by atoms with E-state index in [1.54, 1.807) is 12.1 Å². The van der Waals surface area contributed by atoms with E-state index in [1.165, 1.54) is 0 Å². The number of fused-ring (bicyclic) bond motifs is 2. The summed E-state index contributed by atoms with van der Waals surface area (Å²) in [6.45, 7) is 13.5. The van der Waals surface area contributed by atoms with Crippen molar-refractivity contribution in [2.75, 3.05) is 57.5 Å². The fourth-order valence-electron chi connectivity index (χ4n) is 9.11. The fourth-order valence-corrected chi connectivity index (χ4v) is 9.11. The number of nitrogens with zero attached hydrogens (tertiary/aromatic N) is 2. The van der Waals surface area contributed by atoms with Crippen molar-refractivity contribution in [1.82, 2.24) is 4.90 Å². The predicted molar refractivity (Wildman–Crippen MR) is 229 cm³/mol. The summed E-state index contributed by atoms with van der Waals surface area (Å²) in [5.41, 5.74) is 7.19. The molecular formula is C50H48N2O6. The first-order valence-electron chi connectivity index (χ1n) is 20.2. The molecule has 0 radical (unpaired) electrons. The van der Waals surface area contributed by atoms with Crippen molar-refractivity contribution in [1.29, 1.82) is 0 Å². The number of Topliss-reactive ketones (excluding diaryl/α,β-unsaturated/α-hetero) is 1. The summed E-state index contributed by atoms with van der Waals surface area (Å²) in [4.78, 5) is 33.2. The molecule has 0 aromatic heterocycles. The molecule has 4 aliphatic rings. The summed E-state index contributed by atoms with van der Waals surface area (Å²) in [6.07, 6.45) is 1.61. The highest BCUT2D eigenvalue weighted by Gasteiger charge is 2.43. The molecule has 2 heterocycles. The van der Waals surface area contributed by atoms with Crippen LogP contribution in [0.15, 0.2) is 121 Å². The van der Waals surface area contributed by atoms with Crippen molar-refractivity contribution < 1.29 is 29.3 Å². The molecule has 0 unspecified atom stereocenters. The molecule has 0 amide bonds. The van der Waals surface area contributed by atoms with Crippen molar-refractivity contribution in [2.45, 2.75) is 38.5 Å². The van der Waals surface area contributed by atoms with E-state index >= 15 is 0 Å². The molecule has 0 saturated carbocycles. The Morgan fingerprint density at radius 1 is 0.552 bits per heavy atom. The number of aromatic hydroxyl groups is 1. The summed E-state index contributed by atoms with van der Waals surface area (Å²) in [6, 6.07) is 34.5. The summed E-state index contributed by atoms with van der Waals surface area (Å²) in [5, 5.41) is 25.4. The number of benzene rings is 5. The van der Waals surface area contributed by atoms with Crippen LogP contribution >= 0.6 is 0 Å². The van der Waals surface area contributed by atoms with Crippen LogP contribution < -0.4 is 4.90 Å². The van der Waals surface area contributed by atoms with Gasteiger partial charge in [-0.3, -0.25) is 9.59 Å². The van der Waals surface area contributed by atoms with Gasteiger partial charge in [-0.05, 0) is 45.3 Å². The lowest BCUT2D eigenvalue weighted by atomic mass is 9.72. The van der Waals surface area contributed by atoms with Gasteiger partial charge in [-0.2, -0.15) is 0 Å². The SMILES string of the molecule is CC(C)(c1ccccc1)c1ccc2c(c1)C(N1CCOCC1)=CC(=O)/C2=C1\C(=O)C(c2c(O)cc(N3CCOCC3)c3cc(C(C)(C)c4ccccc4)ccc23)=C1O. The Bertz CT molecular complexity index is 2570. The molecule has 0 spiro atoms. The van der Waals surface area contributed by atoms with Crippen LogP contribution in [0.4, 0.5) is 5.69 Å². The molecule has 8 nitrogen and oxygen atoms in total. The number of aliphatic hydroxyl groups is 1. The number of carbonyl (C=O) groups excluding carboxylic acids is 2. The summed E-state index contributed by atoms with van der Waals surface area (Å²) < 4.78 is 11.3. The van der Waals surface area contributed by atoms with Gasteiger partial charge in [0, 0.05) is 82.6 Å². The first-order valence-corrected chi connectivity index (χ1v) is 20.2. The normalized spacial score (nSPS) is 19.0. The Kier molecular flexibility index (Phi) is 9.37. The predicted octanol–water partition coefficient (Wildman–Crippen LogP) is 8.60. The lowest BCUT2D eigenvalue weighted by Crippen LogP contribution is -2.37. The second kappa shape index (κ2) is 14.5. The van der Waals surface area contributed by atoms with E-state index in [0.717, 1.165) is 44.6 Å². The van der Waals surface area contributed by atoms with Crippen molar-refractivity contribution in [3.63, 3.8) is 0 Å². The van der Waals surface area contributed by atoms with Gasteiger partial charge < -0.3 is 29.5 Å². The number of ether oxygens (including phenoxy) is 2. The largest absolute Gasteiger partial charge is 0.507 e. The third-order valence-corrected chi connectivity index (χ3v) is 12.7. The molecule has 9 rings (SSSR count). The molecule has 8 heteroatoms. The number of carbonyl (C=O) groups is 2. The highest BCUT2D eigenvalue weighted by atomic mass is 16.5. The van der Waals surface area contributed by atoms with Crippen LogP contribution in [0.5, 0.6) is 5.75 Å². The summed E-state index contributed by atoms with van der Waals surface area (Å²) >= 11 is 0. The number of anilines is 1. The molecule has 2 aliphatic heterocycles. The van der Waals surface area contributed by atoms with E-state index in [0.29, 0.717) is 63.6 Å². The van der Waals surface area contributed by atoms with Crippen molar-refractivity contribution in [3.05, 3.63) is 159 Å². The van der Waals surface area contributed by atoms with E-state index in [9.17, 15) is 19.8 Å². The fraction of sp³-hybridized carbons (Fsp3) is 0.280. The van der Waals surface area contributed by atoms with E-state index in [1.807, 2.05) is 60.7 Å². The van der Waals surface area contributed by atoms with Gasteiger partial charge in [0.05, 0.1) is 37.6 Å². The van der Waals surface area contributed by atoms with Gasteiger partial charge in [-0.1, -0.05) is 113 Å². The van der Waals surface area contributed by atoms with Gasteiger partial charge >= 0.3 is 0 Å². The third-order valence-electron chi connectivity index (χ3n) is 12.7. The molecule has 0 bridgehead atoms. The van der Waals surface area contributed by atoms with Gasteiger partial charge in [-0.15, -0.1) is 0 Å². The lowest BCUT2D eigenvalue weighted by molar-refractivity contribution is -0.113. The highest BCUT2D eigenvalue weighted by Crippen LogP contribution is 2.50. The van der Waals surface area contributed by atoms with Crippen LogP contribution in [0.25, 0.3) is 27.6 Å². The molecule has 58 heavy (non-hydrogen) atoms. The second-order valence-electron chi connectivity index (χ2n) is 16.7. The number of morpholine rings is 2. The number of allylic oxidation sites excluding steroid dienone is 4. The number of hydrogen-bond acceptors (Lipinski definition) is 8. The maximum absolute atomic E-state index is 14.6. The smallest absolute Gasteiger partial charge is 0.202 e. The first kappa shape index (κ1) is 37.6. The Balaban J connectivity index is 1.20. The second-order valence-corrected chi connectivity index (χ2v) is 16.7. The lowest BCUT2D eigenvalue weighted by Gasteiger charge is -2.36. The molecule has 2 saturated heterocycles. The minimum absolute atomic E-state index is 0.00716. The Hall–Kier alpha value is -5.96. The molecule has 2 N–H and O–H groups in total. The highest BCUT2D eigenvalue weighted by molar-refractivity contribution is 6.48. The van der Waals surface area contributed by atoms with E-state index in [-0.39, 0.29) is 50.4 Å². The molecule has 5 aromatic rings. The van der Waals surface area contributed by atoms with Gasteiger partial charge in [0.1, 0.15) is 11.5 Å². The van der Waals surface area contributed by atoms with Gasteiger partial charge in [-0.25, -0.2) is 0 Å². The van der Waals surface area contributed by atoms with E-state index < -0.39 is 5.78 Å². The monoisotopic (exact) mass is 772 g/mol. The van der Waals surface area contributed by atoms with Gasteiger partial charge in [0.15, 0.2) is 5.78 Å². The van der Waals surface area contributed by atoms with Crippen molar-refractivity contribution >= 4 is 44.9 Å². The summed E-state index contributed by atoms with van der Waals surface area (Å²) in [7, 11) is 0. The minimum Gasteiger partial charge on any atom is -0.507 e. The standard InChI is InChI=1S/C50H48N2O6/c1-49(2,31-11-7-5-8-12-31)33-15-17-35-37(27-33)39(51-19-23-57-24-20-51)29-41(53)43(35)45-47(55)46(48(45)56)44-36-18-16-34(50(3,4)32-13-9-6-10-14-32)28-38(36)40(30-42(44)54)52-21-25-58-26-22-52/h5-18,27-30,53,55H,19-26H2,1-4H3/b46-44-. The van der Waals surface area contributed by atoms with Crippen LogP contribution in [0, 0.1) is 0 Å². The average molecular weight is 773 g/mol. The number of phenols is 1. The average Bonchev–Trinajstić information content (AvgIpc) is 3.26. The maximum atomic E-state index is 14.6. The molecular weight excluding hydrogens is 725 g/mol. The summed E-state index contributed by atoms with van der Waals surface area (Å²) in [5.74, 6) is -1.23. The number of rotatable bonds is 7. The van der Waals surface area contributed by atoms with Crippen molar-refractivity contribution in [3.8, 4) is 5.75 Å². The Morgan fingerprint density at radius 2 is 1.10 bits per heavy atom. The third kappa shape index (κ3) is 6.14. The molecule has 294 valence electrons. The Morgan fingerprint density at radius 3 is 1.69 bits per heavy atom. The van der Waals surface area contributed by atoms with Crippen LogP contribution in [0.2, 0.25) is 0 Å². The van der Waals surface area contributed by atoms with E-state index in [4.69, 9.17) is 9.47 Å². The van der Waals surface area contributed by atoms with Crippen LogP contribution in [-0.2, 0) is 29.9 Å². The molecule has 2 aliphatic carbocycles. The Labute approximate surface area is 339 Å². The van der Waals surface area contributed by atoms with Gasteiger partial charge in [0.2, 0.25) is 5.78 Å².